The first-order valence-electron chi connectivity index (χ1n) is 6.92. The van der Waals surface area contributed by atoms with E-state index in [0.29, 0.717) is 16.5 Å². The Labute approximate surface area is 135 Å². The third kappa shape index (κ3) is 2.88. The van der Waals surface area contributed by atoms with Crippen molar-refractivity contribution in [3.63, 3.8) is 0 Å². The van der Waals surface area contributed by atoms with E-state index in [1.54, 1.807) is 16.4 Å². The molecule has 3 rings (SSSR count). The third-order valence-electron chi connectivity index (χ3n) is 2.89. The average molecular weight is 336 g/mol. The molecular formula is C12H16N8S2. The normalized spacial score (nSPS) is 12.2. The number of rotatable bonds is 5. The van der Waals surface area contributed by atoms with Gasteiger partial charge >= 0.3 is 0 Å². The van der Waals surface area contributed by atoms with Gasteiger partial charge in [0.15, 0.2) is 11.5 Å². The van der Waals surface area contributed by atoms with Crippen molar-refractivity contribution < 1.29 is 0 Å². The molecule has 8 nitrogen and oxygen atoms in total. The smallest absolute Gasteiger partial charge is 0.250 e. The second kappa shape index (κ2) is 6.13. The van der Waals surface area contributed by atoms with Crippen LogP contribution in [-0.4, -0.2) is 34.9 Å². The van der Waals surface area contributed by atoms with Crippen LogP contribution in [0, 0.1) is 6.92 Å². The molecule has 0 aromatic carbocycles. The summed E-state index contributed by atoms with van der Waals surface area (Å²) in [6, 6.07) is 0. The van der Waals surface area contributed by atoms with Gasteiger partial charge in [-0.1, -0.05) is 32.5 Å². The van der Waals surface area contributed by atoms with Crippen molar-refractivity contribution in [2.24, 2.45) is 10.2 Å². The van der Waals surface area contributed by atoms with Crippen LogP contribution in [0.15, 0.2) is 15.4 Å². The highest BCUT2D eigenvalue weighted by molar-refractivity contribution is 7.99. The number of azo groups is 1. The van der Waals surface area contributed by atoms with E-state index in [4.69, 9.17) is 0 Å². The lowest BCUT2D eigenvalue weighted by atomic mass is 10.2. The summed E-state index contributed by atoms with van der Waals surface area (Å²) in [5.41, 5.74) is 2.22. The lowest BCUT2D eigenvalue weighted by Gasteiger charge is -1.94. The standard InChI is InChI=1S/C12H16N8S2/c1-5-21-12-14-11(22-19-12)16-15-8-7(4)17-20-10(8)13-9(18-20)6(2)3/h6,17H,5H2,1-4H3. The number of hydrogen-bond acceptors (Lipinski definition) is 8. The first-order chi connectivity index (χ1) is 10.6. The van der Waals surface area contributed by atoms with E-state index in [2.05, 4.69) is 55.5 Å². The number of aromatic nitrogens is 6. The van der Waals surface area contributed by atoms with E-state index >= 15 is 0 Å². The van der Waals surface area contributed by atoms with Gasteiger partial charge in [-0.25, -0.2) is 4.98 Å². The minimum absolute atomic E-state index is 0.259. The van der Waals surface area contributed by atoms with Crippen LogP contribution < -0.4 is 0 Å². The Morgan fingerprint density at radius 1 is 1.32 bits per heavy atom. The number of H-pyrrole nitrogens is 1. The Morgan fingerprint density at radius 2 is 2.14 bits per heavy atom. The molecule has 0 fully saturated rings. The van der Waals surface area contributed by atoms with E-state index in [9.17, 15) is 0 Å². The third-order valence-corrected chi connectivity index (χ3v) is 4.33. The van der Waals surface area contributed by atoms with Gasteiger partial charge in [-0.05, 0) is 12.7 Å². The molecule has 10 heteroatoms. The predicted octanol–water partition coefficient (Wildman–Crippen LogP) is 3.87. The first-order valence-corrected chi connectivity index (χ1v) is 8.68. The SMILES string of the molecule is CCSc1nsc(N=Nc2c(C)[nH]n3nc(C(C)C)nc23)n1. The van der Waals surface area contributed by atoms with Crippen LogP contribution in [0.5, 0.6) is 0 Å². The summed E-state index contributed by atoms with van der Waals surface area (Å²) in [7, 11) is 0. The van der Waals surface area contributed by atoms with E-state index < -0.39 is 0 Å². The van der Waals surface area contributed by atoms with Crippen LogP contribution in [0.4, 0.5) is 10.8 Å². The van der Waals surface area contributed by atoms with Crippen molar-refractivity contribution >= 4 is 39.8 Å². The molecule has 0 radical (unpaired) electrons. The zero-order valence-corrected chi connectivity index (χ0v) is 14.4. The Balaban J connectivity index is 1.91. The number of thioether (sulfide) groups is 1. The van der Waals surface area contributed by atoms with Crippen molar-refractivity contribution in [2.75, 3.05) is 5.75 Å². The molecular weight excluding hydrogens is 320 g/mol. The summed E-state index contributed by atoms with van der Waals surface area (Å²) in [5.74, 6) is 1.97. The summed E-state index contributed by atoms with van der Waals surface area (Å²) >= 11 is 2.82. The minimum Gasteiger partial charge on any atom is -0.278 e. The second-order valence-corrected chi connectivity index (χ2v) is 6.90. The zero-order valence-electron chi connectivity index (χ0n) is 12.7. The maximum Gasteiger partial charge on any atom is 0.250 e. The van der Waals surface area contributed by atoms with Crippen LogP contribution in [0.3, 0.4) is 0 Å². The van der Waals surface area contributed by atoms with E-state index in [-0.39, 0.29) is 5.92 Å². The number of aromatic amines is 1. The fraction of sp³-hybridized carbons (Fsp3) is 0.500. The zero-order chi connectivity index (χ0) is 15.7. The van der Waals surface area contributed by atoms with Crippen molar-refractivity contribution in [3.8, 4) is 0 Å². The summed E-state index contributed by atoms with van der Waals surface area (Å²) in [4.78, 5) is 8.81. The Kier molecular flexibility index (Phi) is 4.21. The Hall–Kier alpha value is -1.81. The molecule has 0 unspecified atom stereocenters. The lowest BCUT2D eigenvalue weighted by Crippen LogP contribution is -1.93. The molecule has 0 saturated heterocycles. The van der Waals surface area contributed by atoms with E-state index in [1.807, 2.05) is 6.92 Å². The molecule has 0 saturated carbocycles. The Morgan fingerprint density at radius 3 is 2.86 bits per heavy atom. The summed E-state index contributed by atoms with van der Waals surface area (Å²) in [6.45, 7) is 8.08. The first kappa shape index (κ1) is 15.1. The number of nitrogens with zero attached hydrogens (tertiary/aromatic N) is 7. The molecule has 3 aromatic rings. The number of aryl methyl sites for hydroxylation is 1. The van der Waals surface area contributed by atoms with E-state index in [0.717, 1.165) is 22.4 Å². The average Bonchev–Trinajstić information content (AvgIpc) is 3.12. The maximum absolute atomic E-state index is 4.51. The molecule has 0 spiro atoms. The van der Waals surface area contributed by atoms with Crippen LogP contribution in [0.25, 0.3) is 5.65 Å². The molecule has 0 bridgehead atoms. The summed E-state index contributed by atoms with van der Waals surface area (Å²) in [5, 5.41) is 17.2. The second-order valence-electron chi connectivity index (χ2n) is 4.94. The van der Waals surface area contributed by atoms with Gasteiger partial charge in [0.05, 0.1) is 5.69 Å². The topological polar surface area (TPSA) is 96.5 Å². The summed E-state index contributed by atoms with van der Waals surface area (Å²) < 4.78 is 5.85. The molecule has 0 atom stereocenters. The largest absolute Gasteiger partial charge is 0.278 e. The molecule has 3 aromatic heterocycles. The van der Waals surface area contributed by atoms with Gasteiger partial charge < -0.3 is 0 Å². The quantitative estimate of drug-likeness (QED) is 0.563. The molecule has 22 heavy (non-hydrogen) atoms. The molecule has 0 aliphatic carbocycles. The predicted molar refractivity (Wildman–Crippen MR) is 86.6 cm³/mol. The van der Waals surface area contributed by atoms with E-state index in [1.165, 1.54) is 11.5 Å². The maximum atomic E-state index is 4.51. The molecule has 0 aliphatic heterocycles. The van der Waals surface area contributed by atoms with Crippen molar-refractivity contribution in [3.05, 3.63) is 11.5 Å². The van der Waals surface area contributed by atoms with Crippen molar-refractivity contribution in [1.82, 2.24) is 29.2 Å². The molecule has 116 valence electrons. The van der Waals surface area contributed by atoms with Gasteiger partial charge in [-0.2, -0.15) is 14.0 Å². The van der Waals surface area contributed by atoms with Crippen LogP contribution in [0.2, 0.25) is 0 Å². The highest BCUT2D eigenvalue weighted by Crippen LogP contribution is 2.28. The van der Waals surface area contributed by atoms with Crippen LogP contribution in [-0.2, 0) is 0 Å². The van der Waals surface area contributed by atoms with Gasteiger partial charge in [-0.3, -0.25) is 5.10 Å². The van der Waals surface area contributed by atoms with Crippen LogP contribution in [0.1, 0.15) is 38.2 Å². The molecule has 1 N–H and O–H groups in total. The fourth-order valence-electron chi connectivity index (χ4n) is 1.83. The Bertz CT molecular complexity index is 812. The fourth-order valence-corrected chi connectivity index (χ4v) is 3.02. The number of nitrogens with one attached hydrogen (secondary N) is 1. The van der Waals surface area contributed by atoms with Gasteiger partial charge in [-0.15, -0.1) is 15.3 Å². The molecule has 3 heterocycles. The van der Waals surface area contributed by atoms with Crippen molar-refractivity contribution in [1.29, 1.82) is 0 Å². The highest BCUT2D eigenvalue weighted by atomic mass is 32.2. The van der Waals surface area contributed by atoms with Gasteiger partial charge in [0.1, 0.15) is 0 Å². The number of hydrogen-bond donors (Lipinski definition) is 1. The molecule has 0 aliphatic rings. The summed E-state index contributed by atoms with van der Waals surface area (Å²) in [6.07, 6.45) is 0. The lowest BCUT2D eigenvalue weighted by molar-refractivity contribution is 0.725. The van der Waals surface area contributed by atoms with Gasteiger partial charge in [0.2, 0.25) is 15.9 Å². The van der Waals surface area contributed by atoms with Crippen LogP contribution >= 0.6 is 23.3 Å². The monoisotopic (exact) mass is 336 g/mol. The minimum atomic E-state index is 0.259. The highest BCUT2D eigenvalue weighted by Gasteiger charge is 2.15. The van der Waals surface area contributed by atoms with Crippen molar-refractivity contribution in [2.45, 2.75) is 38.8 Å². The van der Waals surface area contributed by atoms with Gasteiger partial charge in [0, 0.05) is 17.5 Å². The van der Waals surface area contributed by atoms with Gasteiger partial charge in [0.25, 0.3) is 0 Å². The molecule has 0 amide bonds. The number of fused-ring (bicyclic) bond motifs is 1.